The average Bonchev–Trinajstić information content (AvgIpc) is 2.55. The molecule has 0 aliphatic rings. The minimum absolute atomic E-state index is 0.148. The lowest BCUT2D eigenvalue weighted by atomic mass is 10.1. The molecule has 0 aliphatic carbocycles. The van der Waals surface area contributed by atoms with E-state index in [4.69, 9.17) is 0 Å². The molecule has 3 rings (SSSR count). The maximum atomic E-state index is 14.0. The molecule has 0 N–H and O–H groups in total. The molecule has 1 heterocycles. The Labute approximate surface area is 132 Å². The second-order valence-electron chi connectivity index (χ2n) is 5.05. The summed E-state index contributed by atoms with van der Waals surface area (Å²) in [6, 6.07) is 12.3. The molecular formula is C18H13F2N3. The van der Waals surface area contributed by atoms with Crippen LogP contribution in [0.5, 0.6) is 0 Å². The van der Waals surface area contributed by atoms with E-state index in [-0.39, 0.29) is 22.8 Å². The number of nitrogens with zero attached hydrogens (tertiary/aromatic N) is 3. The van der Waals surface area contributed by atoms with Crippen LogP contribution in [0, 0.1) is 11.6 Å². The van der Waals surface area contributed by atoms with Crippen LogP contribution in [0.4, 0.5) is 8.78 Å². The third-order valence-electron chi connectivity index (χ3n) is 3.25. The van der Waals surface area contributed by atoms with Crippen LogP contribution in [-0.2, 0) is 0 Å². The predicted molar refractivity (Wildman–Crippen MR) is 85.3 cm³/mol. The van der Waals surface area contributed by atoms with Crippen LogP contribution in [0.25, 0.3) is 28.3 Å². The van der Waals surface area contributed by atoms with Crippen molar-refractivity contribution in [2.24, 2.45) is 0 Å². The Morgan fingerprint density at radius 1 is 0.783 bits per heavy atom. The van der Waals surface area contributed by atoms with E-state index in [9.17, 15) is 8.78 Å². The summed E-state index contributed by atoms with van der Waals surface area (Å²) in [5, 5.41) is 0. The van der Waals surface area contributed by atoms with Gasteiger partial charge in [0.15, 0.2) is 17.5 Å². The maximum absolute atomic E-state index is 14.0. The third-order valence-corrected chi connectivity index (χ3v) is 3.25. The highest BCUT2D eigenvalue weighted by molar-refractivity contribution is 5.65. The van der Waals surface area contributed by atoms with Crippen LogP contribution in [0.2, 0.25) is 0 Å². The molecule has 0 amide bonds. The van der Waals surface area contributed by atoms with Crippen molar-refractivity contribution < 1.29 is 8.78 Å². The highest BCUT2D eigenvalue weighted by atomic mass is 19.1. The van der Waals surface area contributed by atoms with Crippen LogP contribution in [0.15, 0.2) is 55.1 Å². The number of rotatable bonds is 3. The normalized spacial score (nSPS) is 10.6. The first-order valence-corrected chi connectivity index (χ1v) is 6.98. The standard InChI is InChI=1S/C18H13F2N3/c1-11(2)16-21-17(12-7-3-5-9-14(12)19)23-18(22-16)13-8-4-6-10-15(13)20/h3-10H,1H2,2H3. The molecule has 114 valence electrons. The van der Waals surface area contributed by atoms with E-state index < -0.39 is 11.6 Å². The van der Waals surface area contributed by atoms with Crippen LogP contribution >= 0.6 is 0 Å². The number of hydrogen-bond donors (Lipinski definition) is 0. The Balaban J connectivity index is 2.25. The summed E-state index contributed by atoms with van der Waals surface area (Å²) in [5.74, 6) is -0.308. The number of benzene rings is 2. The van der Waals surface area contributed by atoms with Crippen LogP contribution in [0.3, 0.4) is 0 Å². The number of halogens is 2. The van der Waals surface area contributed by atoms with Gasteiger partial charge in [0, 0.05) is 0 Å². The van der Waals surface area contributed by atoms with E-state index >= 15 is 0 Å². The van der Waals surface area contributed by atoms with E-state index in [0.29, 0.717) is 11.4 Å². The van der Waals surface area contributed by atoms with Crippen LogP contribution in [0.1, 0.15) is 12.7 Å². The SMILES string of the molecule is C=C(C)c1nc(-c2ccccc2F)nc(-c2ccccc2F)n1. The van der Waals surface area contributed by atoms with Crippen molar-refractivity contribution in [1.82, 2.24) is 15.0 Å². The van der Waals surface area contributed by atoms with Crippen molar-refractivity contribution in [1.29, 1.82) is 0 Å². The lowest BCUT2D eigenvalue weighted by Crippen LogP contribution is -2.03. The van der Waals surface area contributed by atoms with Gasteiger partial charge in [-0.1, -0.05) is 30.8 Å². The van der Waals surface area contributed by atoms with E-state index in [1.807, 2.05) is 0 Å². The quantitative estimate of drug-likeness (QED) is 0.714. The van der Waals surface area contributed by atoms with E-state index in [1.165, 1.54) is 12.1 Å². The van der Waals surface area contributed by atoms with Gasteiger partial charge in [-0.05, 0) is 36.8 Å². The molecule has 0 atom stereocenters. The van der Waals surface area contributed by atoms with Gasteiger partial charge in [0.25, 0.3) is 0 Å². The summed E-state index contributed by atoms with van der Waals surface area (Å²) in [6.07, 6.45) is 0. The Morgan fingerprint density at radius 3 is 1.61 bits per heavy atom. The van der Waals surface area contributed by atoms with Crippen molar-refractivity contribution in [2.75, 3.05) is 0 Å². The molecule has 0 unspecified atom stereocenters. The molecule has 2 aromatic carbocycles. The summed E-state index contributed by atoms with van der Waals surface area (Å²) in [5.41, 5.74) is 1.05. The lowest BCUT2D eigenvalue weighted by Gasteiger charge is -2.08. The van der Waals surface area contributed by atoms with Gasteiger partial charge in [-0.3, -0.25) is 0 Å². The van der Waals surface area contributed by atoms with Gasteiger partial charge in [-0.15, -0.1) is 0 Å². The van der Waals surface area contributed by atoms with Gasteiger partial charge in [0.1, 0.15) is 11.6 Å². The van der Waals surface area contributed by atoms with Crippen molar-refractivity contribution in [3.63, 3.8) is 0 Å². The Hall–Kier alpha value is -2.95. The lowest BCUT2D eigenvalue weighted by molar-refractivity contribution is 0.628. The van der Waals surface area contributed by atoms with Crippen LogP contribution in [-0.4, -0.2) is 15.0 Å². The third kappa shape index (κ3) is 2.99. The zero-order valence-corrected chi connectivity index (χ0v) is 12.4. The second-order valence-corrected chi connectivity index (χ2v) is 5.05. The molecule has 3 aromatic rings. The fraction of sp³-hybridized carbons (Fsp3) is 0.0556. The largest absolute Gasteiger partial charge is 0.208 e. The molecule has 0 saturated carbocycles. The number of allylic oxidation sites excluding steroid dienone is 1. The highest BCUT2D eigenvalue weighted by Crippen LogP contribution is 2.25. The Kier molecular flexibility index (Phi) is 3.93. The van der Waals surface area contributed by atoms with Gasteiger partial charge < -0.3 is 0 Å². The van der Waals surface area contributed by atoms with E-state index in [1.54, 1.807) is 43.3 Å². The molecule has 23 heavy (non-hydrogen) atoms. The van der Waals surface area contributed by atoms with E-state index in [0.717, 1.165) is 0 Å². The van der Waals surface area contributed by atoms with Gasteiger partial charge in [-0.25, -0.2) is 23.7 Å². The van der Waals surface area contributed by atoms with Crippen molar-refractivity contribution >= 4 is 5.57 Å². The van der Waals surface area contributed by atoms with Crippen LogP contribution < -0.4 is 0 Å². The summed E-state index contributed by atoms with van der Waals surface area (Å²) in [7, 11) is 0. The number of hydrogen-bond acceptors (Lipinski definition) is 3. The second kappa shape index (κ2) is 6.04. The van der Waals surface area contributed by atoms with Crippen molar-refractivity contribution in [3.05, 3.63) is 72.6 Å². The Morgan fingerprint density at radius 2 is 1.22 bits per heavy atom. The first-order chi connectivity index (χ1) is 11.1. The zero-order chi connectivity index (χ0) is 16.4. The fourth-order valence-electron chi connectivity index (χ4n) is 2.09. The topological polar surface area (TPSA) is 38.7 Å². The highest BCUT2D eigenvalue weighted by Gasteiger charge is 2.15. The summed E-state index contributed by atoms with van der Waals surface area (Å²) < 4.78 is 28.0. The zero-order valence-electron chi connectivity index (χ0n) is 12.4. The van der Waals surface area contributed by atoms with Crippen molar-refractivity contribution in [3.8, 4) is 22.8 Å². The van der Waals surface area contributed by atoms with E-state index in [2.05, 4.69) is 21.5 Å². The van der Waals surface area contributed by atoms with Crippen molar-refractivity contribution in [2.45, 2.75) is 6.92 Å². The molecule has 1 aromatic heterocycles. The molecule has 0 aliphatic heterocycles. The molecule has 0 bridgehead atoms. The summed E-state index contributed by atoms with van der Waals surface area (Å²) in [4.78, 5) is 12.7. The number of aromatic nitrogens is 3. The molecule has 0 saturated heterocycles. The molecule has 3 nitrogen and oxygen atoms in total. The molecule has 0 fully saturated rings. The summed E-state index contributed by atoms with van der Waals surface area (Å²) in [6.45, 7) is 5.53. The van der Waals surface area contributed by atoms with Gasteiger partial charge in [-0.2, -0.15) is 0 Å². The predicted octanol–water partition coefficient (Wildman–Crippen LogP) is 4.52. The average molecular weight is 309 g/mol. The smallest absolute Gasteiger partial charge is 0.167 e. The maximum Gasteiger partial charge on any atom is 0.167 e. The summed E-state index contributed by atoms with van der Waals surface area (Å²) >= 11 is 0. The first-order valence-electron chi connectivity index (χ1n) is 6.98. The molecule has 0 radical (unpaired) electrons. The first kappa shape index (κ1) is 15.0. The molecule has 0 spiro atoms. The van der Waals surface area contributed by atoms with Gasteiger partial charge in [0.05, 0.1) is 11.1 Å². The van der Waals surface area contributed by atoms with Gasteiger partial charge >= 0.3 is 0 Å². The monoisotopic (exact) mass is 309 g/mol. The molecular weight excluding hydrogens is 296 g/mol. The minimum atomic E-state index is -0.453. The minimum Gasteiger partial charge on any atom is -0.208 e. The Bertz CT molecular complexity index is 827. The molecule has 5 heteroatoms. The fourth-order valence-corrected chi connectivity index (χ4v) is 2.09. The van der Waals surface area contributed by atoms with Gasteiger partial charge in [0.2, 0.25) is 0 Å².